The van der Waals surface area contributed by atoms with E-state index in [1.54, 1.807) is 18.7 Å². The summed E-state index contributed by atoms with van der Waals surface area (Å²) in [6.07, 6.45) is -0.236. The molecule has 6 atom stereocenters. The molecule has 3 fully saturated rings. The number of nitrogens with one attached hydrogen (secondary N) is 3. The van der Waals surface area contributed by atoms with Crippen LogP contribution in [-0.4, -0.2) is 92.7 Å². The number of thioether (sulfide) groups is 1. The minimum absolute atomic E-state index is 0.0258. The summed E-state index contributed by atoms with van der Waals surface area (Å²) in [4.78, 5) is 40.9. The number of aliphatic carboxylic acids is 1. The fraction of sp³-hybridized carbons (Fsp3) is 0.700. The Balaban J connectivity index is 1.39. The maximum atomic E-state index is 12.7. The standard InChI is InChI=1S/C20H29N5O5S/c1-8-15-14(9(2)26)19(28)25(15)16(20(29)30)17(8)31-12-4-13(22-5-12)18(27)24-6-11(7-24)23-10(3)21/h8-9,11-15,22,26H,4-7H2,1-3H3,(H2,21,23)(H,29,30)/t8-,9-,12+,13+,14-,15-/m1/s1. The number of fused-ring (bicyclic) bond motifs is 1. The van der Waals surface area contributed by atoms with Gasteiger partial charge in [-0.1, -0.05) is 6.92 Å². The van der Waals surface area contributed by atoms with E-state index in [-0.39, 0.29) is 46.8 Å². The van der Waals surface area contributed by atoms with Crippen molar-refractivity contribution in [2.24, 2.45) is 11.8 Å². The molecule has 11 heteroatoms. The zero-order valence-electron chi connectivity index (χ0n) is 17.8. The summed E-state index contributed by atoms with van der Waals surface area (Å²) in [5.74, 6) is -1.79. The number of carbonyl (C=O) groups excluding carboxylic acids is 2. The van der Waals surface area contributed by atoms with Crippen molar-refractivity contribution in [2.75, 3.05) is 19.6 Å². The van der Waals surface area contributed by atoms with Gasteiger partial charge in [-0.15, -0.1) is 11.8 Å². The summed E-state index contributed by atoms with van der Waals surface area (Å²) in [7, 11) is 0. The molecule has 4 aliphatic heterocycles. The maximum absolute atomic E-state index is 12.7. The Kier molecular flexibility index (Phi) is 5.78. The zero-order valence-corrected chi connectivity index (χ0v) is 18.6. The van der Waals surface area contributed by atoms with E-state index in [2.05, 4.69) is 10.6 Å². The second kappa shape index (κ2) is 8.10. The number of aliphatic hydroxyl groups is 1. The number of β-lactam (4-membered cyclic amide) rings is 1. The molecule has 4 aliphatic rings. The molecule has 4 heterocycles. The summed E-state index contributed by atoms with van der Waals surface area (Å²) < 4.78 is 0. The van der Waals surface area contributed by atoms with Gasteiger partial charge in [0, 0.05) is 35.7 Å². The lowest BCUT2D eigenvalue weighted by Gasteiger charge is -2.46. The van der Waals surface area contributed by atoms with Gasteiger partial charge in [0.2, 0.25) is 11.8 Å². The Morgan fingerprint density at radius 1 is 1.35 bits per heavy atom. The summed E-state index contributed by atoms with van der Waals surface area (Å²) in [5.41, 5.74) is 0.0258. The Bertz CT molecular complexity index is 855. The quantitative estimate of drug-likeness (QED) is 0.204. The number of hydrogen-bond donors (Lipinski definition) is 5. The van der Waals surface area contributed by atoms with Crippen molar-refractivity contribution >= 4 is 35.4 Å². The number of carboxylic acid groups (broad SMARTS) is 1. The normalized spacial score (nSPS) is 33.7. The van der Waals surface area contributed by atoms with E-state index in [4.69, 9.17) is 5.41 Å². The van der Waals surface area contributed by atoms with Crippen LogP contribution >= 0.6 is 11.8 Å². The molecule has 0 aromatic carbocycles. The third-order valence-electron chi connectivity index (χ3n) is 6.61. The molecule has 0 aliphatic carbocycles. The van der Waals surface area contributed by atoms with E-state index >= 15 is 0 Å². The van der Waals surface area contributed by atoms with E-state index in [1.165, 1.54) is 16.7 Å². The number of amides is 2. The Morgan fingerprint density at radius 2 is 2.03 bits per heavy atom. The van der Waals surface area contributed by atoms with Crippen LogP contribution in [0.25, 0.3) is 0 Å². The highest BCUT2D eigenvalue weighted by Gasteiger charge is 2.60. The summed E-state index contributed by atoms with van der Waals surface area (Å²) in [6.45, 7) is 6.88. The van der Waals surface area contributed by atoms with Crippen LogP contribution in [-0.2, 0) is 14.4 Å². The van der Waals surface area contributed by atoms with Crippen molar-refractivity contribution in [3.8, 4) is 0 Å². The molecule has 0 spiro atoms. The molecule has 31 heavy (non-hydrogen) atoms. The highest BCUT2D eigenvalue weighted by atomic mass is 32.2. The predicted molar refractivity (Wildman–Crippen MR) is 114 cm³/mol. The Morgan fingerprint density at radius 3 is 2.61 bits per heavy atom. The molecule has 170 valence electrons. The molecule has 3 saturated heterocycles. The molecular formula is C20H29N5O5S. The maximum Gasteiger partial charge on any atom is 0.353 e. The molecular weight excluding hydrogens is 422 g/mol. The molecule has 0 saturated carbocycles. The van der Waals surface area contributed by atoms with Crippen LogP contribution in [0.5, 0.6) is 0 Å². The first-order valence-corrected chi connectivity index (χ1v) is 11.5. The fourth-order valence-corrected chi connectivity index (χ4v) is 6.59. The monoisotopic (exact) mass is 451 g/mol. The average Bonchev–Trinajstić information content (AvgIpc) is 3.19. The van der Waals surface area contributed by atoms with Gasteiger partial charge in [-0.2, -0.15) is 0 Å². The first-order valence-electron chi connectivity index (χ1n) is 10.6. The first-order chi connectivity index (χ1) is 14.6. The zero-order chi connectivity index (χ0) is 22.6. The van der Waals surface area contributed by atoms with Crippen molar-refractivity contribution in [2.45, 2.75) is 56.7 Å². The van der Waals surface area contributed by atoms with Gasteiger partial charge in [0.1, 0.15) is 5.70 Å². The van der Waals surface area contributed by atoms with Crippen LogP contribution < -0.4 is 10.6 Å². The second-order valence-electron chi connectivity index (χ2n) is 8.92. The second-order valence-corrected chi connectivity index (χ2v) is 10.3. The van der Waals surface area contributed by atoms with Crippen molar-refractivity contribution in [1.82, 2.24) is 20.4 Å². The molecule has 0 radical (unpaired) electrons. The van der Waals surface area contributed by atoms with Crippen molar-refractivity contribution < 1.29 is 24.6 Å². The molecule has 10 nitrogen and oxygen atoms in total. The van der Waals surface area contributed by atoms with Crippen molar-refractivity contribution in [1.29, 1.82) is 5.41 Å². The van der Waals surface area contributed by atoms with E-state index in [1.807, 2.05) is 6.92 Å². The van der Waals surface area contributed by atoms with Crippen LogP contribution in [0.3, 0.4) is 0 Å². The molecule has 0 aromatic heterocycles. The highest BCUT2D eigenvalue weighted by molar-refractivity contribution is 8.03. The molecule has 5 N–H and O–H groups in total. The number of amidine groups is 1. The molecule has 4 rings (SSSR count). The van der Waals surface area contributed by atoms with Crippen LogP contribution in [0.4, 0.5) is 0 Å². The number of likely N-dealkylation sites (tertiary alicyclic amines) is 1. The number of carboxylic acids is 1. The van der Waals surface area contributed by atoms with Crippen molar-refractivity contribution in [3.63, 3.8) is 0 Å². The lowest BCUT2D eigenvalue weighted by atomic mass is 9.79. The third-order valence-corrected chi connectivity index (χ3v) is 8.12. The van der Waals surface area contributed by atoms with Gasteiger partial charge in [0.15, 0.2) is 0 Å². The van der Waals surface area contributed by atoms with Gasteiger partial charge in [-0.3, -0.25) is 15.0 Å². The first kappa shape index (κ1) is 22.1. The lowest BCUT2D eigenvalue weighted by Crippen LogP contribution is -2.63. The fourth-order valence-electron chi connectivity index (χ4n) is 5.12. The van der Waals surface area contributed by atoms with Crippen LogP contribution in [0.15, 0.2) is 10.6 Å². The predicted octanol–water partition coefficient (Wildman–Crippen LogP) is -0.599. The highest BCUT2D eigenvalue weighted by Crippen LogP contribution is 2.51. The number of hydrogen-bond acceptors (Lipinski definition) is 7. The summed E-state index contributed by atoms with van der Waals surface area (Å²) >= 11 is 1.44. The lowest BCUT2D eigenvalue weighted by molar-refractivity contribution is -0.163. The minimum atomic E-state index is -1.13. The SMILES string of the molecule is CC(=N)NC1CN(C(=O)[C@@H]2C[C@H](SC3=C(C(=O)O)N4C(=O)[C@H]([C@@H](C)O)[C@H]4[C@H]3C)CN2)C1. The van der Waals surface area contributed by atoms with Gasteiger partial charge in [-0.25, -0.2) is 4.79 Å². The van der Waals surface area contributed by atoms with E-state index in [0.29, 0.717) is 36.8 Å². The van der Waals surface area contributed by atoms with Gasteiger partial charge in [-0.05, 0) is 20.3 Å². The molecule has 0 unspecified atom stereocenters. The third kappa shape index (κ3) is 3.72. The Labute approximate surface area is 184 Å². The van der Waals surface area contributed by atoms with Crippen LogP contribution in [0, 0.1) is 17.2 Å². The number of aliphatic hydroxyl groups excluding tert-OH is 1. The van der Waals surface area contributed by atoms with E-state index in [0.717, 1.165) is 0 Å². The summed E-state index contributed by atoms with van der Waals surface area (Å²) in [6, 6.07) is -0.510. The number of carbonyl (C=O) groups is 3. The molecule has 2 amide bonds. The van der Waals surface area contributed by atoms with Gasteiger partial charge in [0.05, 0.1) is 36.0 Å². The van der Waals surface area contributed by atoms with Gasteiger partial charge in [0.25, 0.3) is 0 Å². The Hall–Kier alpha value is -2.11. The average molecular weight is 452 g/mol. The number of nitrogens with zero attached hydrogens (tertiary/aromatic N) is 2. The van der Waals surface area contributed by atoms with Crippen molar-refractivity contribution in [3.05, 3.63) is 10.6 Å². The number of rotatable bonds is 6. The minimum Gasteiger partial charge on any atom is -0.477 e. The van der Waals surface area contributed by atoms with Crippen LogP contribution in [0.1, 0.15) is 27.2 Å². The largest absolute Gasteiger partial charge is 0.477 e. The smallest absolute Gasteiger partial charge is 0.353 e. The molecule has 0 aromatic rings. The topological polar surface area (TPSA) is 146 Å². The van der Waals surface area contributed by atoms with E-state index < -0.39 is 18.0 Å². The van der Waals surface area contributed by atoms with Gasteiger partial charge >= 0.3 is 5.97 Å². The molecule has 0 bridgehead atoms. The van der Waals surface area contributed by atoms with Crippen LogP contribution in [0.2, 0.25) is 0 Å². The van der Waals surface area contributed by atoms with E-state index in [9.17, 15) is 24.6 Å². The van der Waals surface area contributed by atoms with Gasteiger partial charge < -0.3 is 30.6 Å². The summed E-state index contributed by atoms with van der Waals surface area (Å²) in [5, 5.41) is 33.5.